The van der Waals surface area contributed by atoms with Gasteiger partial charge in [-0.15, -0.1) is 0 Å². The fourth-order valence-electron chi connectivity index (χ4n) is 2.42. The highest BCUT2D eigenvalue weighted by Crippen LogP contribution is 2.40. The van der Waals surface area contributed by atoms with Gasteiger partial charge >= 0.3 is 0 Å². The monoisotopic (exact) mass is 354 g/mol. The largest absolute Gasteiger partial charge is 0.335 e. The van der Waals surface area contributed by atoms with Gasteiger partial charge in [-0.05, 0) is 31.0 Å². The quantitative estimate of drug-likeness (QED) is 0.708. The summed E-state index contributed by atoms with van der Waals surface area (Å²) in [5.74, 6) is 0.937. The molecule has 0 radical (unpaired) electrons. The summed E-state index contributed by atoms with van der Waals surface area (Å²) in [6, 6.07) is 4.90. The third-order valence-electron chi connectivity index (χ3n) is 3.73. The van der Waals surface area contributed by atoms with Gasteiger partial charge in [-0.25, -0.2) is 23.7 Å². The molecule has 0 saturated heterocycles. The molecule has 0 atom stereocenters. The van der Waals surface area contributed by atoms with E-state index in [2.05, 4.69) is 19.9 Å². The third-order valence-corrected chi connectivity index (χ3v) is 4.29. The smallest absolute Gasteiger partial charge is 0.282 e. The number of imidazole rings is 1. The van der Waals surface area contributed by atoms with E-state index in [1.807, 2.05) is 0 Å². The van der Waals surface area contributed by atoms with Crippen molar-refractivity contribution in [1.29, 1.82) is 0 Å². The summed E-state index contributed by atoms with van der Waals surface area (Å²) < 4.78 is 26.7. The number of nitrogens with one attached hydrogen (secondary N) is 1. The van der Waals surface area contributed by atoms with Gasteiger partial charge in [-0.2, -0.15) is 0 Å². The minimum absolute atomic E-state index is 0.135. The predicted molar refractivity (Wildman–Crippen MR) is 84.1 cm³/mol. The number of hydrogen-bond acceptors (Lipinski definition) is 3. The van der Waals surface area contributed by atoms with Gasteiger partial charge < -0.3 is 4.98 Å². The maximum absolute atomic E-state index is 13.3. The first-order chi connectivity index (χ1) is 11.0. The molecule has 0 aliphatic heterocycles. The van der Waals surface area contributed by atoms with E-state index in [0.29, 0.717) is 27.3 Å². The van der Waals surface area contributed by atoms with Crippen LogP contribution in [0.3, 0.4) is 0 Å². The lowest BCUT2D eigenvalue weighted by molar-refractivity contribution is 0.147. The van der Waals surface area contributed by atoms with Crippen molar-refractivity contribution in [1.82, 2.24) is 19.9 Å². The Morgan fingerprint density at radius 3 is 2.61 bits per heavy atom. The van der Waals surface area contributed by atoms with Crippen LogP contribution in [0.2, 0.25) is 10.0 Å². The molecule has 1 N–H and O–H groups in total. The van der Waals surface area contributed by atoms with E-state index >= 15 is 0 Å². The van der Waals surface area contributed by atoms with Crippen LogP contribution in [0.5, 0.6) is 0 Å². The van der Waals surface area contributed by atoms with E-state index in [9.17, 15) is 8.78 Å². The number of aromatic amines is 1. The summed E-state index contributed by atoms with van der Waals surface area (Å²) in [4.78, 5) is 15.5. The topological polar surface area (TPSA) is 54.5 Å². The molecular formula is C15H10Cl2F2N4. The zero-order valence-corrected chi connectivity index (χ0v) is 13.2. The van der Waals surface area contributed by atoms with Crippen LogP contribution in [-0.2, 0) is 0 Å². The molecule has 1 aliphatic rings. The van der Waals surface area contributed by atoms with Crippen molar-refractivity contribution in [3.05, 3.63) is 39.8 Å². The second kappa shape index (κ2) is 5.39. The molecule has 2 aromatic heterocycles. The van der Waals surface area contributed by atoms with Crippen molar-refractivity contribution in [3.63, 3.8) is 0 Å². The standard InChI is InChI=1S/C15H10Cl2F2N4/c16-7-3-4-9(17)8(5-7)14-21-11-10(12(18)19)20-13(6-1-2-6)22-15(11)23-14/h3-6,12H,1-2H2,(H,20,21,22,23). The van der Waals surface area contributed by atoms with Crippen LogP contribution in [0.4, 0.5) is 8.78 Å². The van der Waals surface area contributed by atoms with Crippen molar-refractivity contribution in [2.45, 2.75) is 25.2 Å². The van der Waals surface area contributed by atoms with Crippen molar-refractivity contribution in [2.24, 2.45) is 0 Å². The molecule has 4 nitrogen and oxygen atoms in total. The number of H-pyrrole nitrogens is 1. The number of hydrogen-bond donors (Lipinski definition) is 1. The Kier molecular flexibility index (Phi) is 3.46. The molecule has 0 unspecified atom stereocenters. The average Bonchev–Trinajstić information content (AvgIpc) is 3.27. The molecule has 0 spiro atoms. The lowest BCUT2D eigenvalue weighted by Crippen LogP contribution is -2.00. The van der Waals surface area contributed by atoms with Gasteiger partial charge in [0.2, 0.25) is 0 Å². The second-order valence-electron chi connectivity index (χ2n) is 5.45. The first-order valence-electron chi connectivity index (χ1n) is 7.04. The summed E-state index contributed by atoms with van der Waals surface area (Å²) >= 11 is 12.1. The molecule has 1 fully saturated rings. The van der Waals surface area contributed by atoms with Crippen LogP contribution in [0.15, 0.2) is 18.2 Å². The number of alkyl halides is 2. The van der Waals surface area contributed by atoms with Gasteiger partial charge in [0, 0.05) is 16.5 Å². The number of aromatic nitrogens is 4. The Labute approximate surface area is 139 Å². The van der Waals surface area contributed by atoms with Crippen molar-refractivity contribution in [3.8, 4) is 11.4 Å². The van der Waals surface area contributed by atoms with Crippen molar-refractivity contribution >= 4 is 34.4 Å². The Morgan fingerprint density at radius 2 is 1.91 bits per heavy atom. The average molecular weight is 355 g/mol. The Balaban J connectivity index is 1.93. The molecule has 0 bridgehead atoms. The van der Waals surface area contributed by atoms with Crippen LogP contribution in [0.1, 0.15) is 36.7 Å². The highest BCUT2D eigenvalue weighted by atomic mass is 35.5. The van der Waals surface area contributed by atoms with Gasteiger partial charge in [-0.1, -0.05) is 23.2 Å². The highest BCUT2D eigenvalue weighted by molar-refractivity contribution is 6.35. The van der Waals surface area contributed by atoms with Crippen LogP contribution in [0.25, 0.3) is 22.6 Å². The second-order valence-corrected chi connectivity index (χ2v) is 6.29. The Bertz CT molecular complexity index is 906. The molecular weight excluding hydrogens is 345 g/mol. The van der Waals surface area contributed by atoms with E-state index in [1.165, 1.54) is 0 Å². The highest BCUT2D eigenvalue weighted by Gasteiger charge is 2.30. The van der Waals surface area contributed by atoms with Crippen LogP contribution < -0.4 is 0 Å². The molecule has 1 aliphatic carbocycles. The first-order valence-corrected chi connectivity index (χ1v) is 7.79. The normalized spacial score (nSPS) is 14.8. The Hall–Kier alpha value is -1.79. The predicted octanol–water partition coefficient (Wildman–Crippen LogP) is 5.14. The summed E-state index contributed by atoms with van der Waals surface area (Å²) in [5, 5.41) is 0.895. The molecule has 0 amide bonds. The molecule has 118 valence electrons. The summed E-state index contributed by atoms with van der Waals surface area (Å²) in [6.07, 6.45) is -0.863. The lowest BCUT2D eigenvalue weighted by Gasteiger charge is -2.03. The number of benzene rings is 1. The molecule has 1 aromatic carbocycles. The van der Waals surface area contributed by atoms with Gasteiger partial charge in [0.1, 0.15) is 22.9 Å². The van der Waals surface area contributed by atoms with E-state index in [0.717, 1.165) is 12.8 Å². The SMILES string of the molecule is FC(F)c1nc(C2CC2)nc2nc(-c3cc(Cl)ccc3Cl)[nH]c12. The summed E-state index contributed by atoms with van der Waals surface area (Å²) in [5.41, 5.74) is 0.567. The summed E-state index contributed by atoms with van der Waals surface area (Å²) in [6.45, 7) is 0. The molecule has 2 heterocycles. The fourth-order valence-corrected chi connectivity index (χ4v) is 2.80. The third kappa shape index (κ3) is 2.66. The number of rotatable bonds is 3. The maximum Gasteiger partial charge on any atom is 0.282 e. The van der Waals surface area contributed by atoms with Gasteiger partial charge in [-0.3, -0.25) is 0 Å². The fraction of sp³-hybridized carbons (Fsp3) is 0.267. The lowest BCUT2D eigenvalue weighted by atomic mass is 10.2. The summed E-state index contributed by atoms with van der Waals surface area (Å²) in [7, 11) is 0. The maximum atomic E-state index is 13.3. The van der Waals surface area contributed by atoms with Gasteiger partial charge in [0.05, 0.1) is 5.02 Å². The van der Waals surface area contributed by atoms with Gasteiger partial charge in [0.15, 0.2) is 5.65 Å². The molecule has 8 heteroatoms. The van der Waals surface area contributed by atoms with Crippen LogP contribution >= 0.6 is 23.2 Å². The molecule has 4 rings (SSSR count). The zero-order chi connectivity index (χ0) is 16.1. The number of fused-ring (bicyclic) bond motifs is 1. The van der Waals surface area contributed by atoms with E-state index in [-0.39, 0.29) is 22.8 Å². The first kappa shape index (κ1) is 14.8. The minimum Gasteiger partial charge on any atom is -0.335 e. The number of halogens is 4. The van der Waals surface area contributed by atoms with Crippen molar-refractivity contribution < 1.29 is 8.78 Å². The van der Waals surface area contributed by atoms with Crippen LogP contribution in [0, 0.1) is 0 Å². The minimum atomic E-state index is -2.71. The van der Waals surface area contributed by atoms with Crippen LogP contribution in [-0.4, -0.2) is 19.9 Å². The molecule has 3 aromatic rings. The van der Waals surface area contributed by atoms with Crippen molar-refractivity contribution in [2.75, 3.05) is 0 Å². The van der Waals surface area contributed by atoms with E-state index < -0.39 is 6.43 Å². The number of nitrogens with zero attached hydrogens (tertiary/aromatic N) is 3. The Morgan fingerprint density at radius 1 is 1.13 bits per heavy atom. The molecule has 1 saturated carbocycles. The molecule has 23 heavy (non-hydrogen) atoms. The van der Waals surface area contributed by atoms with Gasteiger partial charge in [0.25, 0.3) is 6.43 Å². The zero-order valence-electron chi connectivity index (χ0n) is 11.7. The van der Waals surface area contributed by atoms with E-state index in [4.69, 9.17) is 23.2 Å². The van der Waals surface area contributed by atoms with E-state index in [1.54, 1.807) is 18.2 Å².